The molecule has 0 aliphatic heterocycles. The molecule has 19 heavy (non-hydrogen) atoms. The van der Waals surface area contributed by atoms with Crippen molar-refractivity contribution < 1.29 is 0 Å². The van der Waals surface area contributed by atoms with Gasteiger partial charge in [0.2, 0.25) is 0 Å². The lowest BCUT2D eigenvalue weighted by Gasteiger charge is -2.14. The van der Waals surface area contributed by atoms with Crippen LogP contribution in [0.25, 0.3) is 0 Å². The van der Waals surface area contributed by atoms with E-state index in [1.807, 2.05) is 10.7 Å². The SMILES string of the molecule is CCCn1ncnc1CC(N)c1cc(Br)ccc1I. The van der Waals surface area contributed by atoms with Gasteiger partial charge in [-0.2, -0.15) is 5.10 Å². The molecule has 6 heteroatoms. The maximum atomic E-state index is 6.31. The molecule has 0 bridgehead atoms. The van der Waals surface area contributed by atoms with Crippen molar-refractivity contribution in [2.45, 2.75) is 32.4 Å². The monoisotopic (exact) mass is 434 g/mol. The molecule has 2 N–H and O–H groups in total. The predicted molar refractivity (Wildman–Crippen MR) is 87.8 cm³/mol. The van der Waals surface area contributed by atoms with E-state index in [1.165, 1.54) is 3.57 Å². The average molecular weight is 435 g/mol. The van der Waals surface area contributed by atoms with Crippen molar-refractivity contribution in [2.75, 3.05) is 0 Å². The van der Waals surface area contributed by atoms with Gasteiger partial charge in [-0.05, 0) is 52.8 Å². The van der Waals surface area contributed by atoms with Crippen molar-refractivity contribution >= 4 is 38.5 Å². The fourth-order valence-electron chi connectivity index (χ4n) is 1.95. The second-order valence-corrected chi connectivity index (χ2v) is 6.45. The zero-order valence-electron chi connectivity index (χ0n) is 10.7. The summed E-state index contributed by atoms with van der Waals surface area (Å²) in [6.45, 7) is 3.01. The van der Waals surface area contributed by atoms with E-state index in [0.29, 0.717) is 6.42 Å². The van der Waals surface area contributed by atoms with Crippen LogP contribution >= 0.6 is 38.5 Å². The van der Waals surface area contributed by atoms with Gasteiger partial charge in [0.1, 0.15) is 12.2 Å². The molecule has 0 aliphatic rings. The number of aryl methyl sites for hydroxylation is 1. The maximum absolute atomic E-state index is 6.31. The predicted octanol–water partition coefficient (Wildman–Crippen LogP) is 3.30. The maximum Gasteiger partial charge on any atom is 0.138 e. The molecule has 0 amide bonds. The van der Waals surface area contributed by atoms with E-state index in [0.717, 1.165) is 28.8 Å². The quantitative estimate of drug-likeness (QED) is 0.734. The van der Waals surface area contributed by atoms with E-state index in [2.05, 4.69) is 67.7 Å². The zero-order chi connectivity index (χ0) is 13.8. The molecule has 2 aromatic rings. The first kappa shape index (κ1) is 14.9. The Morgan fingerprint density at radius 1 is 1.47 bits per heavy atom. The highest BCUT2D eigenvalue weighted by molar-refractivity contribution is 14.1. The summed E-state index contributed by atoms with van der Waals surface area (Å²) in [5, 5.41) is 4.23. The van der Waals surface area contributed by atoms with E-state index in [1.54, 1.807) is 6.33 Å². The van der Waals surface area contributed by atoms with Crippen LogP contribution in [-0.4, -0.2) is 14.8 Å². The first-order chi connectivity index (χ1) is 9.11. The molecule has 102 valence electrons. The van der Waals surface area contributed by atoms with Gasteiger partial charge < -0.3 is 5.73 Å². The molecular weight excluding hydrogens is 419 g/mol. The van der Waals surface area contributed by atoms with E-state index >= 15 is 0 Å². The minimum absolute atomic E-state index is 0.0655. The Hall–Kier alpha value is -0.470. The summed E-state index contributed by atoms with van der Waals surface area (Å²) in [4.78, 5) is 4.31. The number of nitrogens with zero attached hydrogens (tertiary/aromatic N) is 3. The molecule has 2 rings (SSSR count). The molecule has 0 aliphatic carbocycles. The smallest absolute Gasteiger partial charge is 0.138 e. The van der Waals surface area contributed by atoms with Crippen LogP contribution in [0.3, 0.4) is 0 Å². The summed E-state index contributed by atoms with van der Waals surface area (Å²) in [7, 11) is 0. The lowest BCUT2D eigenvalue weighted by atomic mass is 10.0. The van der Waals surface area contributed by atoms with E-state index in [4.69, 9.17) is 5.73 Å². The highest BCUT2D eigenvalue weighted by Gasteiger charge is 2.14. The first-order valence-corrected chi connectivity index (χ1v) is 8.06. The Kier molecular flexibility index (Phi) is 5.35. The average Bonchev–Trinajstić information content (AvgIpc) is 2.80. The minimum Gasteiger partial charge on any atom is -0.324 e. The van der Waals surface area contributed by atoms with E-state index in [-0.39, 0.29) is 6.04 Å². The molecule has 1 unspecified atom stereocenters. The van der Waals surface area contributed by atoms with Crippen LogP contribution in [0.4, 0.5) is 0 Å². The van der Waals surface area contributed by atoms with Crippen molar-refractivity contribution in [3.63, 3.8) is 0 Å². The van der Waals surface area contributed by atoms with Gasteiger partial charge in [-0.1, -0.05) is 22.9 Å². The molecular formula is C13H16BrIN4. The number of aromatic nitrogens is 3. The van der Waals surface area contributed by atoms with Crippen LogP contribution in [0.5, 0.6) is 0 Å². The summed E-state index contributed by atoms with van der Waals surface area (Å²) in [6, 6.07) is 6.10. The van der Waals surface area contributed by atoms with E-state index < -0.39 is 0 Å². The molecule has 0 saturated carbocycles. The summed E-state index contributed by atoms with van der Waals surface area (Å²) < 4.78 is 4.16. The van der Waals surface area contributed by atoms with Gasteiger partial charge in [0.05, 0.1) is 0 Å². The summed E-state index contributed by atoms with van der Waals surface area (Å²) >= 11 is 5.80. The second-order valence-electron chi connectivity index (χ2n) is 4.38. The van der Waals surface area contributed by atoms with Crippen molar-refractivity contribution in [1.29, 1.82) is 0 Å². The standard InChI is InChI=1S/C13H16BrIN4/c1-2-5-19-13(17-8-18-19)7-12(16)10-6-9(14)3-4-11(10)15/h3-4,6,8,12H,2,5,7,16H2,1H3. The fraction of sp³-hybridized carbons (Fsp3) is 0.385. The number of hydrogen-bond acceptors (Lipinski definition) is 3. The normalized spacial score (nSPS) is 12.6. The summed E-state index contributed by atoms with van der Waals surface area (Å²) in [6.07, 6.45) is 3.34. The van der Waals surface area contributed by atoms with Crippen molar-refractivity contribution in [3.8, 4) is 0 Å². The molecule has 1 heterocycles. The number of halogens is 2. The number of benzene rings is 1. The van der Waals surface area contributed by atoms with Crippen LogP contribution in [0.1, 0.15) is 30.8 Å². The molecule has 1 aromatic carbocycles. The molecule has 0 fully saturated rings. The van der Waals surface area contributed by atoms with Crippen LogP contribution in [-0.2, 0) is 13.0 Å². The molecule has 0 saturated heterocycles. The van der Waals surface area contributed by atoms with Gasteiger partial charge in [0, 0.05) is 27.1 Å². The van der Waals surface area contributed by atoms with Crippen LogP contribution in [0, 0.1) is 3.57 Å². The molecule has 0 spiro atoms. The van der Waals surface area contributed by atoms with Gasteiger partial charge in [0.15, 0.2) is 0 Å². The van der Waals surface area contributed by atoms with Crippen LogP contribution < -0.4 is 5.73 Å². The third-order valence-electron chi connectivity index (χ3n) is 2.89. The van der Waals surface area contributed by atoms with Gasteiger partial charge >= 0.3 is 0 Å². The highest BCUT2D eigenvalue weighted by Crippen LogP contribution is 2.24. The lowest BCUT2D eigenvalue weighted by molar-refractivity contribution is 0.547. The van der Waals surface area contributed by atoms with Gasteiger partial charge in [0.25, 0.3) is 0 Å². The third-order valence-corrected chi connectivity index (χ3v) is 4.37. The summed E-state index contributed by atoms with van der Waals surface area (Å²) in [5.74, 6) is 0.949. The zero-order valence-corrected chi connectivity index (χ0v) is 14.4. The topological polar surface area (TPSA) is 56.7 Å². The lowest BCUT2D eigenvalue weighted by Crippen LogP contribution is -2.18. The van der Waals surface area contributed by atoms with Crippen molar-refractivity contribution in [2.24, 2.45) is 5.73 Å². The Balaban J connectivity index is 2.18. The number of nitrogens with two attached hydrogens (primary N) is 1. The van der Waals surface area contributed by atoms with Gasteiger partial charge in [-0.15, -0.1) is 0 Å². The highest BCUT2D eigenvalue weighted by atomic mass is 127. The van der Waals surface area contributed by atoms with Gasteiger partial charge in [-0.3, -0.25) is 4.68 Å². The van der Waals surface area contributed by atoms with Crippen molar-refractivity contribution in [1.82, 2.24) is 14.8 Å². The Morgan fingerprint density at radius 2 is 2.26 bits per heavy atom. The Bertz CT molecular complexity index is 555. The Labute approximate surface area is 135 Å². The van der Waals surface area contributed by atoms with Gasteiger partial charge in [-0.25, -0.2) is 4.98 Å². The second kappa shape index (κ2) is 6.81. The molecule has 4 nitrogen and oxygen atoms in total. The largest absolute Gasteiger partial charge is 0.324 e. The number of rotatable bonds is 5. The molecule has 1 atom stereocenters. The van der Waals surface area contributed by atoms with Crippen LogP contribution in [0.15, 0.2) is 29.0 Å². The van der Waals surface area contributed by atoms with Crippen LogP contribution in [0.2, 0.25) is 0 Å². The minimum atomic E-state index is -0.0655. The first-order valence-electron chi connectivity index (χ1n) is 6.19. The fourth-order valence-corrected chi connectivity index (χ4v) is 3.06. The molecule has 1 aromatic heterocycles. The summed E-state index contributed by atoms with van der Waals surface area (Å²) in [5.41, 5.74) is 7.45. The third kappa shape index (κ3) is 3.76. The number of hydrogen-bond donors (Lipinski definition) is 1. The molecule has 0 radical (unpaired) electrons. The van der Waals surface area contributed by atoms with Crippen molar-refractivity contribution in [3.05, 3.63) is 44.0 Å². The Morgan fingerprint density at radius 3 is 3.00 bits per heavy atom. The van der Waals surface area contributed by atoms with E-state index in [9.17, 15) is 0 Å².